The smallest absolute Gasteiger partial charge is 0.294 e. The minimum absolute atomic E-state index is 0.0131. The third kappa shape index (κ3) is 6.29. The molecule has 0 unspecified atom stereocenters. The number of nitrogens with zero attached hydrogens (tertiary/aromatic N) is 1. The first kappa shape index (κ1) is 26.3. The molecule has 0 aromatic heterocycles. The van der Waals surface area contributed by atoms with Gasteiger partial charge in [-0.25, -0.2) is 0 Å². The standard InChI is InChI=1S/C12H11NO8S2.C6H6N2O3/c1-6(14)13-10-4-8(22(16,17)18)2-7-3-9(23(19,20)21)5-11(15)12(7)10;7-5-3-4(8(10)11)1-2-6(5)9/h2-5,15H,1H3,(H,13,14)(H,16,17,18)(H,19,20,21);1-3,9H,7H2. The first-order valence-electron chi connectivity index (χ1n) is 8.77. The number of rotatable bonds is 4. The molecule has 0 aliphatic rings. The highest BCUT2D eigenvalue weighted by molar-refractivity contribution is 7.86. The van der Waals surface area contributed by atoms with Gasteiger partial charge in [-0.15, -0.1) is 0 Å². The number of fused-ring (bicyclic) bond motifs is 1. The molecule has 16 heteroatoms. The van der Waals surface area contributed by atoms with Crippen LogP contribution in [-0.2, 0) is 25.0 Å². The fraction of sp³-hybridized carbons (Fsp3) is 0.0556. The third-order valence-corrected chi connectivity index (χ3v) is 5.77. The lowest BCUT2D eigenvalue weighted by Gasteiger charge is -2.12. The molecule has 0 atom stereocenters. The number of non-ortho nitro benzene ring substituents is 1. The molecule has 3 rings (SSSR count). The first-order chi connectivity index (χ1) is 15.5. The molecule has 7 N–H and O–H groups in total. The number of carbonyl (C=O) groups is 1. The van der Waals surface area contributed by atoms with Gasteiger partial charge in [-0.2, -0.15) is 16.8 Å². The lowest BCUT2D eigenvalue weighted by molar-refractivity contribution is -0.384. The molecule has 0 radical (unpaired) electrons. The van der Waals surface area contributed by atoms with Crippen LogP contribution in [0.3, 0.4) is 0 Å². The Morgan fingerprint density at radius 3 is 1.91 bits per heavy atom. The Kier molecular flexibility index (Phi) is 7.32. The Balaban J connectivity index is 0.000000310. The van der Waals surface area contributed by atoms with Crippen molar-refractivity contribution in [3.63, 3.8) is 0 Å². The maximum absolute atomic E-state index is 11.3. The van der Waals surface area contributed by atoms with Crippen molar-refractivity contribution in [2.24, 2.45) is 0 Å². The molecule has 0 saturated heterocycles. The van der Waals surface area contributed by atoms with Crippen LogP contribution in [0.15, 0.2) is 52.3 Å². The van der Waals surface area contributed by atoms with Crippen molar-refractivity contribution in [1.82, 2.24) is 0 Å². The van der Waals surface area contributed by atoms with E-state index in [2.05, 4.69) is 5.32 Å². The molecule has 3 aromatic carbocycles. The van der Waals surface area contributed by atoms with Crippen LogP contribution in [0, 0.1) is 10.1 Å². The van der Waals surface area contributed by atoms with Crippen molar-refractivity contribution in [3.05, 3.63) is 52.6 Å². The zero-order chi connectivity index (χ0) is 26.0. The summed E-state index contributed by atoms with van der Waals surface area (Å²) in [6.45, 7) is 1.13. The molecule has 0 fully saturated rings. The zero-order valence-corrected chi connectivity index (χ0v) is 18.7. The Morgan fingerprint density at radius 2 is 1.47 bits per heavy atom. The van der Waals surface area contributed by atoms with Crippen LogP contribution in [0.4, 0.5) is 17.1 Å². The predicted molar refractivity (Wildman–Crippen MR) is 119 cm³/mol. The molecular weight excluding hydrogens is 498 g/mol. The normalized spacial score (nSPS) is 11.4. The number of phenolic OH excluding ortho intramolecular Hbond substituents is 2. The number of nitrogens with one attached hydrogen (secondary N) is 1. The van der Waals surface area contributed by atoms with Crippen molar-refractivity contribution in [2.45, 2.75) is 16.7 Å². The van der Waals surface area contributed by atoms with Gasteiger partial charge < -0.3 is 21.3 Å². The summed E-state index contributed by atoms with van der Waals surface area (Å²) in [7, 11) is -9.32. The maximum Gasteiger partial charge on any atom is 0.294 e. The summed E-state index contributed by atoms with van der Waals surface area (Å²) in [4.78, 5) is 19.5. The van der Waals surface area contributed by atoms with Gasteiger partial charge in [0.2, 0.25) is 5.91 Å². The van der Waals surface area contributed by atoms with Gasteiger partial charge >= 0.3 is 0 Å². The molecule has 0 saturated carbocycles. The van der Waals surface area contributed by atoms with Gasteiger partial charge in [0.15, 0.2) is 0 Å². The van der Waals surface area contributed by atoms with Crippen LogP contribution >= 0.6 is 0 Å². The van der Waals surface area contributed by atoms with Crippen LogP contribution < -0.4 is 11.1 Å². The lowest BCUT2D eigenvalue weighted by atomic mass is 10.1. The monoisotopic (exact) mass is 515 g/mol. The second-order valence-corrected chi connectivity index (χ2v) is 9.49. The number of phenols is 2. The molecule has 0 spiro atoms. The van der Waals surface area contributed by atoms with Gasteiger partial charge in [-0.3, -0.25) is 24.0 Å². The number of nitro benzene ring substituents is 1. The van der Waals surface area contributed by atoms with Gasteiger partial charge in [0, 0.05) is 30.5 Å². The Bertz CT molecular complexity index is 1510. The van der Waals surface area contributed by atoms with Gasteiger partial charge in [0.1, 0.15) is 11.5 Å². The summed E-state index contributed by atoms with van der Waals surface area (Å²) in [6, 6.07) is 6.92. The fourth-order valence-corrected chi connectivity index (χ4v) is 3.76. The molecule has 3 aromatic rings. The minimum Gasteiger partial charge on any atom is -0.507 e. The van der Waals surface area contributed by atoms with E-state index in [-0.39, 0.29) is 33.6 Å². The number of hydrogen-bond donors (Lipinski definition) is 6. The van der Waals surface area contributed by atoms with E-state index in [9.17, 15) is 36.9 Å². The van der Waals surface area contributed by atoms with Crippen molar-refractivity contribution in [3.8, 4) is 11.5 Å². The van der Waals surface area contributed by atoms with E-state index in [1.54, 1.807) is 0 Å². The fourth-order valence-electron chi connectivity index (χ4n) is 2.68. The van der Waals surface area contributed by atoms with Crippen LogP contribution in [-0.4, -0.2) is 47.0 Å². The van der Waals surface area contributed by atoms with Crippen LogP contribution in [0.2, 0.25) is 0 Å². The molecule has 0 aliphatic carbocycles. The molecule has 1 amide bonds. The number of carbonyl (C=O) groups excluding carboxylic acids is 1. The number of amides is 1. The first-order valence-corrected chi connectivity index (χ1v) is 11.6. The number of nitrogen functional groups attached to an aromatic ring is 1. The van der Waals surface area contributed by atoms with Gasteiger partial charge in [0.05, 0.1) is 26.1 Å². The number of hydrogen-bond acceptors (Lipinski definition) is 10. The molecule has 34 heavy (non-hydrogen) atoms. The highest BCUT2D eigenvalue weighted by Crippen LogP contribution is 2.36. The molecule has 0 aliphatic heterocycles. The maximum atomic E-state index is 11.3. The largest absolute Gasteiger partial charge is 0.507 e. The van der Waals surface area contributed by atoms with Crippen LogP contribution in [0.25, 0.3) is 10.8 Å². The van der Waals surface area contributed by atoms with Gasteiger partial charge in [-0.1, -0.05) is 0 Å². The quantitative estimate of drug-likeness (QED) is 0.0958. The number of anilines is 2. The lowest BCUT2D eigenvalue weighted by Crippen LogP contribution is -2.08. The summed E-state index contributed by atoms with van der Waals surface area (Å²) in [6.07, 6.45) is 0. The number of nitrogens with two attached hydrogens (primary N) is 1. The number of nitro groups is 1. The zero-order valence-electron chi connectivity index (χ0n) is 17.0. The van der Waals surface area contributed by atoms with E-state index in [0.29, 0.717) is 0 Å². The van der Waals surface area contributed by atoms with E-state index < -0.39 is 46.6 Å². The van der Waals surface area contributed by atoms with Gasteiger partial charge in [-0.05, 0) is 29.7 Å². The number of benzene rings is 3. The predicted octanol–water partition coefficient (Wildman–Crippen LogP) is 1.88. The summed E-state index contributed by atoms with van der Waals surface area (Å²) in [5.74, 6) is -1.34. The number of aromatic hydroxyl groups is 2. The Morgan fingerprint density at radius 1 is 0.941 bits per heavy atom. The Labute approximate surface area is 191 Å². The van der Waals surface area contributed by atoms with Crippen molar-refractivity contribution < 1.29 is 45.9 Å². The third-order valence-electron chi connectivity index (χ3n) is 4.10. The second-order valence-electron chi connectivity index (χ2n) is 6.64. The van der Waals surface area contributed by atoms with Crippen LogP contribution in [0.1, 0.15) is 6.92 Å². The van der Waals surface area contributed by atoms with E-state index in [4.69, 9.17) is 19.9 Å². The van der Waals surface area contributed by atoms with Crippen molar-refractivity contribution in [1.29, 1.82) is 0 Å². The molecule has 182 valence electrons. The minimum atomic E-state index is -4.66. The van der Waals surface area contributed by atoms with Crippen molar-refractivity contribution in [2.75, 3.05) is 11.1 Å². The van der Waals surface area contributed by atoms with E-state index >= 15 is 0 Å². The average Bonchev–Trinajstić information content (AvgIpc) is 2.68. The molecular formula is C18H17N3O11S2. The SMILES string of the molecule is CC(=O)Nc1cc(S(=O)(=O)O)cc2cc(S(=O)(=O)O)cc(O)c12.Nc1cc([N+](=O)[O-])ccc1O. The molecule has 0 heterocycles. The van der Waals surface area contributed by atoms with Gasteiger partial charge in [0.25, 0.3) is 25.9 Å². The highest BCUT2D eigenvalue weighted by atomic mass is 32.2. The summed E-state index contributed by atoms with van der Waals surface area (Å²) < 4.78 is 63.1. The van der Waals surface area contributed by atoms with Crippen molar-refractivity contribution >= 4 is 54.0 Å². The van der Waals surface area contributed by atoms with E-state index in [1.165, 1.54) is 12.1 Å². The molecule has 0 bridgehead atoms. The topological polar surface area (TPSA) is 247 Å². The average molecular weight is 515 g/mol. The molecule has 14 nitrogen and oxygen atoms in total. The highest BCUT2D eigenvalue weighted by Gasteiger charge is 2.20. The second kappa shape index (κ2) is 9.48. The Hall–Kier alpha value is -3.99. The summed E-state index contributed by atoms with van der Waals surface area (Å²) >= 11 is 0. The summed E-state index contributed by atoms with van der Waals surface area (Å²) in [5.41, 5.74) is 4.94. The van der Waals surface area contributed by atoms with E-state index in [1.807, 2.05) is 0 Å². The van der Waals surface area contributed by atoms with Crippen LogP contribution in [0.5, 0.6) is 11.5 Å². The van der Waals surface area contributed by atoms with E-state index in [0.717, 1.165) is 37.3 Å². The summed E-state index contributed by atoms with van der Waals surface area (Å²) in [5, 5.41) is 31.1.